The summed E-state index contributed by atoms with van der Waals surface area (Å²) >= 11 is 3.28. The largest absolute Gasteiger partial charge is 0.497 e. The van der Waals surface area contributed by atoms with Crippen LogP contribution in [0.25, 0.3) is 0 Å². The van der Waals surface area contributed by atoms with Crippen molar-refractivity contribution in [2.45, 2.75) is 6.92 Å². The van der Waals surface area contributed by atoms with Gasteiger partial charge in [0.15, 0.2) is 0 Å². The lowest BCUT2D eigenvalue weighted by Gasteiger charge is -2.10. The molecule has 5 nitrogen and oxygen atoms in total. The van der Waals surface area contributed by atoms with E-state index < -0.39 is 11.9 Å². The maximum absolute atomic E-state index is 12.2. The molecule has 0 unspecified atom stereocenters. The van der Waals surface area contributed by atoms with Gasteiger partial charge in [0.25, 0.3) is 0 Å². The van der Waals surface area contributed by atoms with Gasteiger partial charge in [-0.2, -0.15) is 0 Å². The first kappa shape index (κ1) is 17.0. The summed E-state index contributed by atoms with van der Waals surface area (Å²) in [6.07, 6.45) is 0. The highest BCUT2D eigenvalue weighted by molar-refractivity contribution is 9.10. The van der Waals surface area contributed by atoms with Gasteiger partial charge in [-0.25, -0.2) is 9.59 Å². The van der Waals surface area contributed by atoms with Gasteiger partial charge in [-0.3, -0.25) is 0 Å². The third kappa shape index (κ3) is 4.32. The molecular weight excluding hydrogens is 364 g/mol. The average molecular weight is 379 g/mol. The van der Waals surface area contributed by atoms with Crippen LogP contribution in [0.2, 0.25) is 0 Å². The molecule has 0 aromatic heterocycles. The molecule has 0 N–H and O–H groups in total. The van der Waals surface area contributed by atoms with Crippen molar-refractivity contribution in [3.63, 3.8) is 0 Å². The van der Waals surface area contributed by atoms with Gasteiger partial charge in [0.2, 0.25) is 0 Å². The molecule has 0 aliphatic rings. The summed E-state index contributed by atoms with van der Waals surface area (Å²) in [7, 11) is 1.54. The summed E-state index contributed by atoms with van der Waals surface area (Å²) in [6.45, 7) is 1.94. The van der Waals surface area contributed by atoms with Gasteiger partial charge in [-0.15, -0.1) is 0 Å². The van der Waals surface area contributed by atoms with Crippen LogP contribution >= 0.6 is 15.9 Å². The normalized spacial score (nSPS) is 10.0. The molecule has 120 valence electrons. The Morgan fingerprint density at radius 1 is 1.04 bits per heavy atom. The van der Waals surface area contributed by atoms with Gasteiger partial charge < -0.3 is 14.2 Å². The van der Waals surface area contributed by atoms with E-state index >= 15 is 0 Å². The number of benzene rings is 2. The van der Waals surface area contributed by atoms with Crippen molar-refractivity contribution in [1.29, 1.82) is 0 Å². The Bertz CT molecular complexity index is 709. The van der Waals surface area contributed by atoms with Gasteiger partial charge >= 0.3 is 11.9 Å². The first-order valence-electron chi connectivity index (χ1n) is 6.88. The third-order valence-electron chi connectivity index (χ3n) is 2.97. The number of halogens is 1. The molecule has 0 spiro atoms. The van der Waals surface area contributed by atoms with Crippen LogP contribution in [-0.2, 0) is 4.74 Å². The second-order valence-electron chi connectivity index (χ2n) is 4.48. The van der Waals surface area contributed by atoms with E-state index in [0.717, 1.165) is 0 Å². The highest BCUT2D eigenvalue weighted by Gasteiger charge is 2.18. The van der Waals surface area contributed by atoms with E-state index in [4.69, 9.17) is 14.2 Å². The van der Waals surface area contributed by atoms with E-state index in [1.807, 2.05) is 0 Å². The summed E-state index contributed by atoms with van der Waals surface area (Å²) in [5.41, 5.74) is 0.534. The molecule has 23 heavy (non-hydrogen) atoms. The smallest absolute Gasteiger partial charge is 0.343 e. The number of rotatable bonds is 5. The van der Waals surface area contributed by atoms with Crippen molar-refractivity contribution in [1.82, 2.24) is 0 Å². The second kappa shape index (κ2) is 7.78. The van der Waals surface area contributed by atoms with E-state index in [9.17, 15) is 9.59 Å². The molecule has 0 saturated carbocycles. The molecule has 2 aromatic rings. The summed E-state index contributed by atoms with van der Waals surface area (Å²) in [4.78, 5) is 24.2. The van der Waals surface area contributed by atoms with E-state index in [0.29, 0.717) is 15.8 Å². The maximum Gasteiger partial charge on any atom is 0.343 e. The Morgan fingerprint density at radius 2 is 1.74 bits per heavy atom. The predicted molar refractivity (Wildman–Crippen MR) is 88.1 cm³/mol. The highest BCUT2D eigenvalue weighted by atomic mass is 79.9. The standard InChI is InChI=1S/C17H15BrO5/c1-3-22-17(20)14-10-12(18)6-9-15(14)23-16(19)11-4-7-13(21-2)8-5-11/h4-10H,3H2,1-2H3. The summed E-state index contributed by atoms with van der Waals surface area (Å²) in [6, 6.07) is 11.3. The number of carbonyl (C=O) groups excluding carboxylic acids is 2. The lowest BCUT2D eigenvalue weighted by atomic mass is 10.2. The highest BCUT2D eigenvalue weighted by Crippen LogP contribution is 2.25. The molecule has 6 heteroatoms. The number of hydrogen-bond donors (Lipinski definition) is 0. The first-order chi connectivity index (χ1) is 11.0. The maximum atomic E-state index is 12.2. The average Bonchev–Trinajstić information content (AvgIpc) is 2.56. The number of ether oxygens (including phenoxy) is 3. The molecule has 0 amide bonds. The third-order valence-corrected chi connectivity index (χ3v) is 3.46. The van der Waals surface area contributed by atoms with E-state index in [1.54, 1.807) is 50.4 Å². The Hall–Kier alpha value is -2.34. The lowest BCUT2D eigenvalue weighted by molar-refractivity contribution is 0.0520. The zero-order valence-corrected chi connectivity index (χ0v) is 14.3. The Balaban J connectivity index is 2.24. The minimum Gasteiger partial charge on any atom is -0.497 e. The molecule has 0 fully saturated rings. The van der Waals surface area contributed by atoms with Crippen molar-refractivity contribution in [2.75, 3.05) is 13.7 Å². The topological polar surface area (TPSA) is 61.8 Å². The predicted octanol–water partition coefficient (Wildman–Crippen LogP) is 3.85. The minimum atomic E-state index is -0.569. The number of carbonyl (C=O) groups is 2. The molecule has 0 saturated heterocycles. The fraction of sp³-hybridized carbons (Fsp3) is 0.176. The monoisotopic (exact) mass is 378 g/mol. The van der Waals surface area contributed by atoms with E-state index in [-0.39, 0.29) is 17.9 Å². The van der Waals surface area contributed by atoms with Gasteiger partial charge in [0.05, 0.1) is 19.3 Å². The van der Waals surface area contributed by atoms with Crippen molar-refractivity contribution >= 4 is 27.9 Å². The molecule has 0 aliphatic heterocycles. The number of methoxy groups -OCH3 is 1. The van der Waals surface area contributed by atoms with Gasteiger partial charge in [-0.1, -0.05) is 15.9 Å². The van der Waals surface area contributed by atoms with Crippen molar-refractivity contribution < 1.29 is 23.8 Å². The van der Waals surface area contributed by atoms with E-state index in [2.05, 4.69) is 15.9 Å². The molecule has 2 rings (SSSR count). The minimum absolute atomic E-state index is 0.146. The van der Waals surface area contributed by atoms with Crippen molar-refractivity contribution in [3.8, 4) is 11.5 Å². The van der Waals surface area contributed by atoms with Crippen LogP contribution in [0.5, 0.6) is 11.5 Å². The van der Waals surface area contributed by atoms with Crippen LogP contribution in [0.3, 0.4) is 0 Å². The quantitative estimate of drug-likeness (QED) is 0.583. The molecule has 2 aromatic carbocycles. The number of esters is 2. The molecule has 0 atom stereocenters. The summed E-state index contributed by atoms with van der Waals surface area (Å²) < 4.78 is 16.0. The SMILES string of the molecule is CCOC(=O)c1cc(Br)ccc1OC(=O)c1ccc(OC)cc1. The molecule has 0 bridgehead atoms. The van der Waals surface area contributed by atoms with Gasteiger partial charge in [-0.05, 0) is 49.4 Å². The van der Waals surface area contributed by atoms with Crippen LogP contribution in [0.15, 0.2) is 46.9 Å². The lowest BCUT2D eigenvalue weighted by Crippen LogP contribution is -2.13. The Labute approximate surface area is 142 Å². The zero-order valence-electron chi connectivity index (χ0n) is 12.7. The molecule has 0 radical (unpaired) electrons. The van der Waals surface area contributed by atoms with Gasteiger partial charge in [0, 0.05) is 4.47 Å². The van der Waals surface area contributed by atoms with Crippen molar-refractivity contribution in [3.05, 3.63) is 58.1 Å². The van der Waals surface area contributed by atoms with E-state index in [1.165, 1.54) is 6.07 Å². The van der Waals surface area contributed by atoms with Crippen LogP contribution in [0.4, 0.5) is 0 Å². The molecular formula is C17H15BrO5. The summed E-state index contributed by atoms with van der Waals surface area (Å²) in [5.74, 6) is -0.336. The van der Waals surface area contributed by atoms with Crippen molar-refractivity contribution in [2.24, 2.45) is 0 Å². The van der Waals surface area contributed by atoms with Crippen LogP contribution in [0.1, 0.15) is 27.6 Å². The van der Waals surface area contributed by atoms with Gasteiger partial charge in [0.1, 0.15) is 17.1 Å². The fourth-order valence-electron chi connectivity index (χ4n) is 1.85. The second-order valence-corrected chi connectivity index (χ2v) is 5.39. The Kier molecular flexibility index (Phi) is 5.76. The van der Waals surface area contributed by atoms with Crippen LogP contribution < -0.4 is 9.47 Å². The fourth-order valence-corrected chi connectivity index (χ4v) is 2.21. The summed E-state index contributed by atoms with van der Waals surface area (Å²) in [5, 5.41) is 0. The Morgan fingerprint density at radius 3 is 2.35 bits per heavy atom. The first-order valence-corrected chi connectivity index (χ1v) is 7.67. The zero-order chi connectivity index (χ0) is 16.8. The number of hydrogen-bond acceptors (Lipinski definition) is 5. The molecule has 0 heterocycles. The molecule has 0 aliphatic carbocycles. The van der Waals surface area contributed by atoms with Crippen LogP contribution in [-0.4, -0.2) is 25.7 Å². The van der Waals surface area contributed by atoms with Crippen LogP contribution in [0, 0.1) is 0 Å².